The van der Waals surface area contributed by atoms with Crippen molar-refractivity contribution in [2.75, 3.05) is 21.3 Å². The molecule has 0 atom stereocenters. The molecule has 0 aromatic heterocycles. The first-order valence-corrected chi connectivity index (χ1v) is 6.44. The standard InChI is InChI=1S/C15H20O4/c1-17-12-7-11(8-13(9-12)18-2)14(16)10-15(19-3)5-4-6-15/h7-9H,4-6,10H2,1-3H3. The summed E-state index contributed by atoms with van der Waals surface area (Å²) in [5.41, 5.74) is 0.354. The Morgan fingerprint density at radius 2 is 1.68 bits per heavy atom. The van der Waals surface area contributed by atoms with Gasteiger partial charge in [-0.1, -0.05) is 0 Å². The van der Waals surface area contributed by atoms with Crippen molar-refractivity contribution in [1.29, 1.82) is 0 Å². The molecular weight excluding hydrogens is 244 g/mol. The highest BCUT2D eigenvalue weighted by Crippen LogP contribution is 2.39. The zero-order valence-corrected chi connectivity index (χ0v) is 11.7. The lowest BCUT2D eigenvalue weighted by atomic mass is 9.76. The molecule has 1 aliphatic carbocycles. The summed E-state index contributed by atoms with van der Waals surface area (Å²) in [5, 5.41) is 0. The molecule has 0 saturated heterocycles. The third-order valence-electron chi connectivity index (χ3n) is 3.85. The normalized spacial score (nSPS) is 16.6. The highest BCUT2D eigenvalue weighted by molar-refractivity contribution is 5.97. The van der Waals surface area contributed by atoms with Gasteiger partial charge in [-0.25, -0.2) is 0 Å². The van der Waals surface area contributed by atoms with E-state index >= 15 is 0 Å². The molecule has 0 aliphatic heterocycles. The Morgan fingerprint density at radius 3 is 2.05 bits per heavy atom. The second-order valence-electron chi connectivity index (χ2n) is 4.94. The molecule has 0 amide bonds. The number of hydrogen-bond donors (Lipinski definition) is 0. The van der Waals surface area contributed by atoms with Crippen LogP contribution >= 0.6 is 0 Å². The van der Waals surface area contributed by atoms with E-state index in [1.165, 1.54) is 0 Å². The SMILES string of the molecule is COc1cc(OC)cc(C(=O)CC2(OC)CCC2)c1. The molecule has 0 bridgehead atoms. The zero-order chi connectivity index (χ0) is 13.9. The van der Waals surface area contributed by atoms with Crippen LogP contribution in [0, 0.1) is 0 Å². The van der Waals surface area contributed by atoms with E-state index < -0.39 is 0 Å². The topological polar surface area (TPSA) is 44.8 Å². The summed E-state index contributed by atoms with van der Waals surface area (Å²) in [6, 6.07) is 5.24. The third kappa shape index (κ3) is 2.89. The van der Waals surface area contributed by atoms with Gasteiger partial charge in [-0.15, -0.1) is 0 Å². The van der Waals surface area contributed by atoms with Crippen LogP contribution in [-0.2, 0) is 4.74 Å². The van der Waals surface area contributed by atoms with Gasteiger partial charge in [0.15, 0.2) is 5.78 Å². The van der Waals surface area contributed by atoms with Crippen molar-refractivity contribution in [2.45, 2.75) is 31.3 Å². The summed E-state index contributed by atoms with van der Waals surface area (Å²) in [7, 11) is 4.83. The maximum absolute atomic E-state index is 12.4. The largest absolute Gasteiger partial charge is 0.497 e. The number of rotatable bonds is 6. The molecule has 1 saturated carbocycles. The van der Waals surface area contributed by atoms with E-state index in [4.69, 9.17) is 14.2 Å². The van der Waals surface area contributed by atoms with E-state index in [0.29, 0.717) is 23.5 Å². The fourth-order valence-electron chi connectivity index (χ4n) is 2.39. The Morgan fingerprint density at radius 1 is 1.11 bits per heavy atom. The summed E-state index contributed by atoms with van der Waals surface area (Å²) in [6.07, 6.45) is 3.45. The van der Waals surface area contributed by atoms with Crippen molar-refractivity contribution >= 4 is 5.78 Å². The minimum absolute atomic E-state index is 0.0683. The van der Waals surface area contributed by atoms with Gasteiger partial charge in [0.1, 0.15) is 11.5 Å². The number of carbonyl (C=O) groups excluding carboxylic acids is 1. The molecule has 0 heterocycles. The molecule has 104 valence electrons. The van der Waals surface area contributed by atoms with E-state index in [0.717, 1.165) is 19.3 Å². The molecule has 1 aliphatic rings. The first-order valence-electron chi connectivity index (χ1n) is 6.44. The van der Waals surface area contributed by atoms with Gasteiger partial charge in [-0.2, -0.15) is 0 Å². The van der Waals surface area contributed by atoms with Gasteiger partial charge < -0.3 is 14.2 Å². The predicted molar refractivity (Wildman–Crippen MR) is 72.1 cm³/mol. The Kier molecular flexibility index (Phi) is 4.10. The number of benzene rings is 1. The van der Waals surface area contributed by atoms with Gasteiger partial charge in [-0.05, 0) is 31.4 Å². The smallest absolute Gasteiger partial charge is 0.166 e. The van der Waals surface area contributed by atoms with Crippen LogP contribution in [-0.4, -0.2) is 32.7 Å². The zero-order valence-electron chi connectivity index (χ0n) is 11.7. The summed E-state index contributed by atoms with van der Waals surface area (Å²) in [6.45, 7) is 0. The fourth-order valence-corrected chi connectivity index (χ4v) is 2.39. The minimum Gasteiger partial charge on any atom is -0.497 e. The summed E-state index contributed by atoms with van der Waals surface area (Å²) in [5.74, 6) is 1.32. The Hall–Kier alpha value is -1.55. The molecule has 19 heavy (non-hydrogen) atoms. The number of ether oxygens (including phenoxy) is 3. The summed E-state index contributed by atoms with van der Waals surface area (Å²) < 4.78 is 15.9. The molecule has 0 N–H and O–H groups in total. The lowest BCUT2D eigenvalue weighted by Gasteiger charge is -2.40. The first-order chi connectivity index (χ1) is 9.12. The monoisotopic (exact) mass is 264 g/mol. The molecule has 4 nitrogen and oxygen atoms in total. The second-order valence-corrected chi connectivity index (χ2v) is 4.94. The summed E-state index contributed by atoms with van der Waals surface area (Å²) >= 11 is 0. The molecule has 0 unspecified atom stereocenters. The van der Waals surface area contributed by atoms with Crippen LogP contribution in [0.15, 0.2) is 18.2 Å². The highest BCUT2D eigenvalue weighted by atomic mass is 16.5. The molecule has 4 heteroatoms. The van der Waals surface area contributed by atoms with E-state index in [2.05, 4.69) is 0 Å². The van der Waals surface area contributed by atoms with Gasteiger partial charge in [-0.3, -0.25) is 4.79 Å². The Labute approximate surface area is 113 Å². The number of methoxy groups -OCH3 is 3. The van der Waals surface area contributed by atoms with Gasteiger partial charge in [0.05, 0.1) is 19.8 Å². The lowest BCUT2D eigenvalue weighted by Crippen LogP contribution is -2.41. The van der Waals surface area contributed by atoms with E-state index in [-0.39, 0.29) is 11.4 Å². The number of hydrogen-bond acceptors (Lipinski definition) is 4. The minimum atomic E-state index is -0.257. The van der Waals surface area contributed by atoms with Crippen molar-refractivity contribution in [3.05, 3.63) is 23.8 Å². The average Bonchev–Trinajstić information content (AvgIpc) is 2.41. The lowest BCUT2D eigenvalue weighted by molar-refractivity contribution is -0.0704. The Balaban J connectivity index is 2.18. The van der Waals surface area contributed by atoms with Gasteiger partial charge in [0.2, 0.25) is 0 Å². The van der Waals surface area contributed by atoms with Crippen LogP contribution in [0.3, 0.4) is 0 Å². The average molecular weight is 264 g/mol. The van der Waals surface area contributed by atoms with Crippen LogP contribution in [0.5, 0.6) is 11.5 Å². The van der Waals surface area contributed by atoms with E-state index in [1.54, 1.807) is 39.5 Å². The molecule has 0 radical (unpaired) electrons. The van der Waals surface area contributed by atoms with E-state index in [1.807, 2.05) is 0 Å². The van der Waals surface area contributed by atoms with Gasteiger partial charge in [0, 0.05) is 25.2 Å². The molecule has 1 fully saturated rings. The van der Waals surface area contributed by atoms with Crippen LogP contribution in [0.1, 0.15) is 36.0 Å². The maximum atomic E-state index is 12.4. The van der Waals surface area contributed by atoms with Crippen LogP contribution < -0.4 is 9.47 Å². The van der Waals surface area contributed by atoms with Crippen LogP contribution in [0.25, 0.3) is 0 Å². The van der Waals surface area contributed by atoms with Crippen LogP contribution in [0.2, 0.25) is 0 Å². The van der Waals surface area contributed by atoms with Crippen molar-refractivity contribution in [2.24, 2.45) is 0 Å². The number of ketones is 1. The number of Topliss-reactive ketones (excluding diaryl/α,β-unsaturated/α-hetero) is 1. The summed E-state index contributed by atoms with van der Waals surface area (Å²) in [4.78, 5) is 12.4. The van der Waals surface area contributed by atoms with E-state index in [9.17, 15) is 4.79 Å². The first kappa shape index (κ1) is 13.9. The van der Waals surface area contributed by atoms with Gasteiger partial charge in [0.25, 0.3) is 0 Å². The van der Waals surface area contributed by atoms with Crippen molar-refractivity contribution in [3.8, 4) is 11.5 Å². The number of carbonyl (C=O) groups is 1. The fraction of sp³-hybridized carbons (Fsp3) is 0.533. The Bertz CT molecular complexity index is 435. The second kappa shape index (κ2) is 5.61. The third-order valence-corrected chi connectivity index (χ3v) is 3.85. The molecule has 0 spiro atoms. The van der Waals surface area contributed by atoms with Crippen molar-refractivity contribution in [1.82, 2.24) is 0 Å². The van der Waals surface area contributed by atoms with Crippen molar-refractivity contribution < 1.29 is 19.0 Å². The molecular formula is C15H20O4. The quantitative estimate of drug-likeness (QED) is 0.741. The van der Waals surface area contributed by atoms with Crippen LogP contribution in [0.4, 0.5) is 0 Å². The molecule has 1 aromatic rings. The maximum Gasteiger partial charge on any atom is 0.166 e. The molecule has 2 rings (SSSR count). The van der Waals surface area contributed by atoms with Crippen molar-refractivity contribution in [3.63, 3.8) is 0 Å². The predicted octanol–water partition coefficient (Wildman–Crippen LogP) is 2.85. The highest BCUT2D eigenvalue weighted by Gasteiger charge is 2.39. The van der Waals surface area contributed by atoms with Gasteiger partial charge >= 0.3 is 0 Å². The molecule has 1 aromatic carbocycles.